The van der Waals surface area contributed by atoms with Gasteiger partial charge in [-0.15, -0.1) is 0 Å². The first kappa shape index (κ1) is 21.0. The van der Waals surface area contributed by atoms with Gasteiger partial charge in [0.2, 0.25) is 5.91 Å². The minimum absolute atomic E-state index is 0.0982. The molecule has 0 saturated heterocycles. The summed E-state index contributed by atoms with van der Waals surface area (Å²) >= 11 is 0. The Morgan fingerprint density at radius 1 is 1.06 bits per heavy atom. The van der Waals surface area contributed by atoms with Crippen LogP contribution in [0, 0.1) is 0 Å². The van der Waals surface area contributed by atoms with Crippen molar-refractivity contribution < 1.29 is 9.59 Å². The number of hydrogen-bond acceptors (Lipinski definition) is 4. The van der Waals surface area contributed by atoms with Crippen LogP contribution in [-0.4, -0.2) is 38.4 Å². The summed E-state index contributed by atoms with van der Waals surface area (Å²) in [7, 11) is 0. The quantitative estimate of drug-likeness (QED) is 0.433. The molecular formula is C25H23N5O2. The predicted octanol–water partition coefficient (Wildman–Crippen LogP) is 4.27. The van der Waals surface area contributed by atoms with Crippen LogP contribution in [0.5, 0.6) is 0 Å². The van der Waals surface area contributed by atoms with Gasteiger partial charge in [-0.3, -0.25) is 19.7 Å². The summed E-state index contributed by atoms with van der Waals surface area (Å²) in [6.07, 6.45) is 6.52. The molecule has 0 bridgehead atoms. The first-order valence-electron chi connectivity index (χ1n) is 10.3. The largest absolute Gasteiger partial charge is 0.335 e. The number of nitrogens with one attached hydrogen (secondary N) is 2. The number of aromatic nitrogens is 3. The number of pyridine rings is 1. The average Bonchev–Trinajstić information content (AvgIpc) is 3.25. The van der Waals surface area contributed by atoms with Crippen LogP contribution < -0.4 is 5.32 Å². The van der Waals surface area contributed by atoms with Crippen LogP contribution in [0.15, 0.2) is 79.1 Å². The molecule has 0 aliphatic heterocycles. The molecule has 0 aliphatic carbocycles. The van der Waals surface area contributed by atoms with Gasteiger partial charge >= 0.3 is 0 Å². The van der Waals surface area contributed by atoms with Gasteiger partial charge in [0.1, 0.15) is 0 Å². The second-order valence-corrected chi connectivity index (χ2v) is 7.23. The number of para-hydroxylation sites is 1. The van der Waals surface area contributed by atoms with Crippen LogP contribution in [0.2, 0.25) is 0 Å². The van der Waals surface area contributed by atoms with E-state index in [0.717, 1.165) is 16.5 Å². The molecule has 2 N–H and O–H groups in total. The summed E-state index contributed by atoms with van der Waals surface area (Å²) in [6.45, 7) is 3.00. The fourth-order valence-electron chi connectivity index (χ4n) is 3.40. The van der Waals surface area contributed by atoms with Crippen molar-refractivity contribution in [2.24, 2.45) is 0 Å². The average molecular weight is 425 g/mol. The lowest BCUT2D eigenvalue weighted by Gasteiger charge is -2.21. The SMILES string of the molecule is CCN(Cc1ccncc1)C(=O)c1cccc(NC(=O)/C=C/c2n[nH]c3ccccc23)c1. The first-order valence-corrected chi connectivity index (χ1v) is 10.3. The Bertz CT molecular complexity index is 1260. The van der Waals surface area contributed by atoms with Crippen molar-refractivity contribution in [3.05, 3.63) is 96.0 Å². The highest BCUT2D eigenvalue weighted by Gasteiger charge is 2.15. The highest BCUT2D eigenvalue weighted by molar-refractivity contribution is 6.04. The van der Waals surface area contributed by atoms with E-state index in [1.165, 1.54) is 6.08 Å². The van der Waals surface area contributed by atoms with Gasteiger partial charge in [-0.1, -0.05) is 24.3 Å². The third-order valence-electron chi connectivity index (χ3n) is 5.06. The standard InChI is InChI=1S/C25H23N5O2/c1-2-30(17-18-12-14-26-15-13-18)25(32)19-6-5-7-20(16-19)27-24(31)11-10-23-21-8-3-4-9-22(21)28-29-23/h3-16H,2,17H2,1H3,(H,27,31)(H,28,29)/b11-10+. The molecule has 0 fully saturated rings. The van der Waals surface area contributed by atoms with E-state index in [1.807, 2.05) is 43.3 Å². The molecule has 0 saturated carbocycles. The fraction of sp³-hybridized carbons (Fsp3) is 0.120. The van der Waals surface area contributed by atoms with Crippen molar-refractivity contribution in [2.45, 2.75) is 13.5 Å². The molecule has 0 radical (unpaired) electrons. The van der Waals surface area contributed by atoms with Gasteiger partial charge in [-0.25, -0.2) is 0 Å². The molecule has 4 aromatic rings. The third kappa shape index (κ3) is 4.89. The first-order chi connectivity index (χ1) is 15.6. The minimum Gasteiger partial charge on any atom is -0.335 e. The number of rotatable bonds is 7. The number of hydrogen-bond donors (Lipinski definition) is 2. The van der Waals surface area contributed by atoms with Crippen LogP contribution in [0.4, 0.5) is 5.69 Å². The van der Waals surface area contributed by atoms with Gasteiger partial charge in [-0.05, 0) is 55.0 Å². The summed E-state index contributed by atoms with van der Waals surface area (Å²) in [5.74, 6) is -0.398. The molecule has 2 aromatic heterocycles. The van der Waals surface area contributed by atoms with E-state index in [1.54, 1.807) is 47.6 Å². The van der Waals surface area contributed by atoms with Crippen molar-refractivity contribution >= 4 is 34.5 Å². The second kappa shape index (κ2) is 9.70. The second-order valence-electron chi connectivity index (χ2n) is 7.23. The Balaban J connectivity index is 1.44. The lowest BCUT2D eigenvalue weighted by atomic mass is 10.1. The topological polar surface area (TPSA) is 91.0 Å². The molecule has 2 aromatic carbocycles. The monoisotopic (exact) mass is 425 g/mol. The number of amides is 2. The summed E-state index contributed by atoms with van der Waals surface area (Å²) in [6, 6.07) is 18.4. The van der Waals surface area contributed by atoms with E-state index in [2.05, 4.69) is 20.5 Å². The number of aromatic amines is 1. The maximum absolute atomic E-state index is 13.0. The number of nitrogens with zero attached hydrogens (tertiary/aromatic N) is 3. The zero-order valence-corrected chi connectivity index (χ0v) is 17.7. The molecule has 7 nitrogen and oxygen atoms in total. The summed E-state index contributed by atoms with van der Waals surface area (Å²) < 4.78 is 0. The Labute approximate surface area is 185 Å². The van der Waals surface area contributed by atoms with Crippen molar-refractivity contribution in [3.63, 3.8) is 0 Å². The third-order valence-corrected chi connectivity index (χ3v) is 5.06. The fourth-order valence-corrected chi connectivity index (χ4v) is 3.40. The molecule has 0 unspecified atom stereocenters. The van der Waals surface area contributed by atoms with Gasteiger partial charge in [-0.2, -0.15) is 5.10 Å². The smallest absolute Gasteiger partial charge is 0.254 e. The van der Waals surface area contributed by atoms with Gasteiger partial charge in [0.05, 0.1) is 11.2 Å². The van der Waals surface area contributed by atoms with Gasteiger partial charge in [0, 0.05) is 48.2 Å². The Morgan fingerprint density at radius 3 is 2.69 bits per heavy atom. The van der Waals surface area contributed by atoms with Crippen LogP contribution in [0.25, 0.3) is 17.0 Å². The van der Waals surface area contributed by atoms with Crippen LogP contribution in [0.3, 0.4) is 0 Å². The lowest BCUT2D eigenvalue weighted by Crippen LogP contribution is -2.30. The van der Waals surface area contributed by atoms with Crippen molar-refractivity contribution in [3.8, 4) is 0 Å². The molecule has 0 spiro atoms. The van der Waals surface area contributed by atoms with E-state index in [9.17, 15) is 9.59 Å². The summed E-state index contributed by atoms with van der Waals surface area (Å²) in [5, 5.41) is 10.9. The molecule has 2 heterocycles. The van der Waals surface area contributed by atoms with Crippen molar-refractivity contribution in [1.82, 2.24) is 20.1 Å². The maximum atomic E-state index is 13.0. The molecule has 32 heavy (non-hydrogen) atoms. The minimum atomic E-state index is -0.300. The predicted molar refractivity (Wildman–Crippen MR) is 125 cm³/mol. The van der Waals surface area contributed by atoms with E-state index >= 15 is 0 Å². The normalized spacial score (nSPS) is 11.0. The number of carbonyl (C=O) groups is 2. The van der Waals surface area contributed by atoms with Gasteiger partial charge in [0.15, 0.2) is 0 Å². The zero-order valence-electron chi connectivity index (χ0n) is 17.7. The van der Waals surface area contributed by atoms with Crippen LogP contribution in [-0.2, 0) is 11.3 Å². The molecule has 2 amide bonds. The van der Waals surface area contributed by atoms with E-state index in [-0.39, 0.29) is 11.8 Å². The summed E-state index contributed by atoms with van der Waals surface area (Å²) in [5.41, 5.74) is 3.68. The zero-order chi connectivity index (χ0) is 22.3. The van der Waals surface area contributed by atoms with E-state index in [4.69, 9.17) is 0 Å². The van der Waals surface area contributed by atoms with E-state index < -0.39 is 0 Å². The molecule has 0 aliphatic rings. The number of anilines is 1. The van der Waals surface area contributed by atoms with Crippen LogP contribution in [0.1, 0.15) is 28.5 Å². The highest BCUT2D eigenvalue weighted by Crippen LogP contribution is 2.17. The van der Waals surface area contributed by atoms with Crippen LogP contribution >= 0.6 is 0 Å². The molecule has 7 heteroatoms. The Morgan fingerprint density at radius 2 is 1.88 bits per heavy atom. The number of H-pyrrole nitrogens is 1. The van der Waals surface area contributed by atoms with E-state index in [0.29, 0.717) is 30.0 Å². The van der Waals surface area contributed by atoms with Gasteiger partial charge in [0.25, 0.3) is 5.91 Å². The highest BCUT2D eigenvalue weighted by atomic mass is 16.2. The Kier molecular flexibility index (Phi) is 6.36. The Hall–Kier alpha value is -4.26. The maximum Gasteiger partial charge on any atom is 0.254 e. The summed E-state index contributed by atoms with van der Waals surface area (Å²) in [4.78, 5) is 31.2. The number of benzene rings is 2. The van der Waals surface area contributed by atoms with Gasteiger partial charge < -0.3 is 10.2 Å². The number of fused-ring (bicyclic) bond motifs is 1. The molecule has 0 atom stereocenters. The lowest BCUT2D eigenvalue weighted by molar-refractivity contribution is -0.111. The molecule has 4 rings (SSSR count). The molecule has 160 valence electrons. The van der Waals surface area contributed by atoms with Crippen molar-refractivity contribution in [1.29, 1.82) is 0 Å². The van der Waals surface area contributed by atoms with Crippen molar-refractivity contribution in [2.75, 3.05) is 11.9 Å². The molecular weight excluding hydrogens is 402 g/mol. The number of carbonyl (C=O) groups excluding carboxylic acids is 2.